The fraction of sp³-hybridized carbons (Fsp3) is 0.214. The lowest BCUT2D eigenvalue weighted by atomic mass is 10.2. The SMILES string of the molecule is Cc1ccccc1-n1c(C)cc(C=O)c1C. The minimum atomic E-state index is 0.765. The molecule has 0 amide bonds. The first-order valence-corrected chi connectivity index (χ1v) is 5.35. The van der Waals surface area contributed by atoms with Crippen LogP contribution in [0.15, 0.2) is 30.3 Å². The number of aryl methyl sites for hydroxylation is 2. The van der Waals surface area contributed by atoms with Crippen LogP contribution >= 0.6 is 0 Å². The third-order valence-corrected chi connectivity index (χ3v) is 2.95. The van der Waals surface area contributed by atoms with Crippen molar-refractivity contribution in [3.05, 3.63) is 52.8 Å². The highest BCUT2D eigenvalue weighted by Gasteiger charge is 2.10. The topological polar surface area (TPSA) is 22.0 Å². The second-order valence-electron chi connectivity index (χ2n) is 4.07. The summed E-state index contributed by atoms with van der Waals surface area (Å²) >= 11 is 0. The van der Waals surface area contributed by atoms with E-state index < -0.39 is 0 Å². The summed E-state index contributed by atoms with van der Waals surface area (Å²) in [6.45, 7) is 6.07. The molecule has 2 heteroatoms. The first kappa shape index (κ1) is 10.7. The largest absolute Gasteiger partial charge is 0.318 e. The van der Waals surface area contributed by atoms with Gasteiger partial charge in [-0.05, 0) is 38.5 Å². The molecule has 2 rings (SSSR count). The van der Waals surface area contributed by atoms with Gasteiger partial charge in [-0.25, -0.2) is 0 Å². The zero-order chi connectivity index (χ0) is 11.7. The molecule has 0 spiro atoms. The first-order valence-electron chi connectivity index (χ1n) is 5.35. The van der Waals surface area contributed by atoms with Crippen molar-refractivity contribution in [3.63, 3.8) is 0 Å². The van der Waals surface area contributed by atoms with Crippen LogP contribution in [0, 0.1) is 20.8 Å². The summed E-state index contributed by atoms with van der Waals surface area (Å²) in [5.41, 5.74) is 5.21. The third-order valence-electron chi connectivity index (χ3n) is 2.95. The molecule has 2 aromatic rings. The standard InChI is InChI=1S/C14H15NO/c1-10-6-4-5-7-14(10)15-11(2)8-13(9-16)12(15)3/h4-9H,1-3H3. The molecule has 0 fully saturated rings. The molecule has 0 unspecified atom stereocenters. The van der Waals surface area contributed by atoms with E-state index in [1.807, 2.05) is 32.0 Å². The van der Waals surface area contributed by atoms with Gasteiger partial charge >= 0.3 is 0 Å². The average molecular weight is 213 g/mol. The van der Waals surface area contributed by atoms with Crippen LogP contribution in [0.1, 0.15) is 27.3 Å². The molecule has 2 nitrogen and oxygen atoms in total. The van der Waals surface area contributed by atoms with Gasteiger partial charge < -0.3 is 4.57 Å². The van der Waals surface area contributed by atoms with Crippen molar-refractivity contribution in [1.82, 2.24) is 4.57 Å². The van der Waals surface area contributed by atoms with Gasteiger partial charge in [0.2, 0.25) is 0 Å². The van der Waals surface area contributed by atoms with Crippen molar-refractivity contribution >= 4 is 6.29 Å². The number of rotatable bonds is 2. The lowest BCUT2D eigenvalue weighted by Crippen LogP contribution is -2.01. The van der Waals surface area contributed by atoms with Gasteiger partial charge in [0, 0.05) is 22.6 Å². The Labute approximate surface area is 95.5 Å². The van der Waals surface area contributed by atoms with Gasteiger partial charge in [0.25, 0.3) is 0 Å². The molecule has 0 saturated heterocycles. The molecule has 82 valence electrons. The summed E-state index contributed by atoms with van der Waals surface area (Å²) in [6.07, 6.45) is 0.914. The van der Waals surface area contributed by atoms with Gasteiger partial charge in [-0.3, -0.25) is 4.79 Å². The number of carbonyl (C=O) groups excluding carboxylic acids is 1. The molecule has 0 aliphatic heterocycles. The van der Waals surface area contributed by atoms with E-state index in [2.05, 4.69) is 23.6 Å². The van der Waals surface area contributed by atoms with Crippen LogP contribution in [0.5, 0.6) is 0 Å². The molecule has 1 heterocycles. The Kier molecular flexibility index (Phi) is 2.65. The van der Waals surface area contributed by atoms with E-state index in [0.717, 1.165) is 28.9 Å². The van der Waals surface area contributed by atoms with Crippen LogP contribution in [0.25, 0.3) is 5.69 Å². The van der Waals surface area contributed by atoms with Crippen molar-refractivity contribution in [1.29, 1.82) is 0 Å². The number of hydrogen-bond donors (Lipinski definition) is 0. The molecule has 0 aliphatic carbocycles. The Morgan fingerprint density at radius 2 is 1.81 bits per heavy atom. The molecule has 0 radical (unpaired) electrons. The summed E-state index contributed by atoms with van der Waals surface area (Å²) in [5.74, 6) is 0. The van der Waals surface area contributed by atoms with Crippen LogP contribution in [0.3, 0.4) is 0 Å². The summed E-state index contributed by atoms with van der Waals surface area (Å²) in [7, 11) is 0. The normalized spacial score (nSPS) is 10.4. The van der Waals surface area contributed by atoms with Crippen molar-refractivity contribution < 1.29 is 4.79 Å². The smallest absolute Gasteiger partial charge is 0.151 e. The monoisotopic (exact) mass is 213 g/mol. The van der Waals surface area contributed by atoms with Crippen molar-refractivity contribution in [2.75, 3.05) is 0 Å². The summed E-state index contributed by atoms with van der Waals surface area (Å²) in [4.78, 5) is 10.9. The second-order valence-corrected chi connectivity index (χ2v) is 4.07. The maximum atomic E-state index is 10.9. The van der Waals surface area contributed by atoms with E-state index in [-0.39, 0.29) is 0 Å². The lowest BCUT2D eigenvalue weighted by Gasteiger charge is -2.12. The Balaban J connectivity index is 2.69. The van der Waals surface area contributed by atoms with E-state index in [4.69, 9.17) is 0 Å². The second kappa shape index (κ2) is 3.97. The highest BCUT2D eigenvalue weighted by atomic mass is 16.1. The number of para-hydroxylation sites is 1. The van der Waals surface area contributed by atoms with E-state index in [1.165, 1.54) is 5.56 Å². The third kappa shape index (κ3) is 1.56. The zero-order valence-corrected chi connectivity index (χ0v) is 9.82. The van der Waals surface area contributed by atoms with Gasteiger partial charge in [0.15, 0.2) is 6.29 Å². The first-order chi connectivity index (χ1) is 7.65. The zero-order valence-electron chi connectivity index (χ0n) is 9.82. The number of benzene rings is 1. The van der Waals surface area contributed by atoms with E-state index in [0.29, 0.717) is 0 Å². The van der Waals surface area contributed by atoms with Crippen LogP contribution in [-0.2, 0) is 0 Å². The van der Waals surface area contributed by atoms with Crippen molar-refractivity contribution in [2.45, 2.75) is 20.8 Å². The predicted octanol–water partition coefficient (Wildman–Crippen LogP) is 3.22. The van der Waals surface area contributed by atoms with Gasteiger partial charge in [-0.2, -0.15) is 0 Å². The predicted molar refractivity (Wildman–Crippen MR) is 65.4 cm³/mol. The van der Waals surface area contributed by atoms with Crippen LogP contribution in [0.2, 0.25) is 0 Å². The number of aromatic nitrogens is 1. The molecule has 0 aliphatic rings. The lowest BCUT2D eigenvalue weighted by molar-refractivity contribution is 0.112. The van der Waals surface area contributed by atoms with Crippen molar-refractivity contribution in [2.24, 2.45) is 0 Å². The van der Waals surface area contributed by atoms with Crippen LogP contribution < -0.4 is 0 Å². The molecule has 0 bridgehead atoms. The molecule has 0 N–H and O–H groups in total. The Bertz CT molecular complexity index is 538. The summed E-state index contributed by atoms with van der Waals surface area (Å²) in [6, 6.07) is 10.1. The summed E-state index contributed by atoms with van der Waals surface area (Å²) < 4.78 is 2.12. The Hall–Kier alpha value is -1.83. The summed E-state index contributed by atoms with van der Waals surface area (Å²) in [5, 5.41) is 0. The minimum absolute atomic E-state index is 0.765. The van der Waals surface area contributed by atoms with Gasteiger partial charge in [0.1, 0.15) is 0 Å². The highest BCUT2D eigenvalue weighted by Crippen LogP contribution is 2.21. The molecule has 1 aromatic heterocycles. The maximum Gasteiger partial charge on any atom is 0.151 e. The van der Waals surface area contributed by atoms with Gasteiger partial charge in [-0.1, -0.05) is 18.2 Å². The average Bonchev–Trinajstić information content (AvgIpc) is 2.55. The molecule has 0 atom stereocenters. The Morgan fingerprint density at radius 1 is 1.12 bits per heavy atom. The minimum Gasteiger partial charge on any atom is -0.318 e. The quantitative estimate of drug-likeness (QED) is 0.702. The Morgan fingerprint density at radius 3 is 2.38 bits per heavy atom. The van der Waals surface area contributed by atoms with E-state index in [9.17, 15) is 4.79 Å². The van der Waals surface area contributed by atoms with Gasteiger partial charge in [0.05, 0.1) is 0 Å². The molecular formula is C14H15NO. The molecule has 0 saturated carbocycles. The van der Waals surface area contributed by atoms with Gasteiger partial charge in [-0.15, -0.1) is 0 Å². The van der Waals surface area contributed by atoms with Crippen molar-refractivity contribution in [3.8, 4) is 5.69 Å². The number of aldehydes is 1. The number of hydrogen-bond acceptors (Lipinski definition) is 1. The molecule has 16 heavy (non-hydrogen) atoms. The molecule has 1 aromatic carbocycles. The van der Waals surface area contributed by atoms with E-state index >= 15 is 0 Å². The number of carbonyl (C=O) groups is 1. The van der Waals surface area contributed by atoms with Crippen LogP contribution in [0.4, 0.5) is 0 Å². The fourth-order valence-corrected chi connectivity index (χ4v) is 2.09. The highest BCUT2D eigenvalue weighted by molar-refractivity contribution is 5.77. The van der Waals surface area contributed by atoms with E-state index in [1.54, 1.807) is 0 Å². The number of nitrogens with zero attached hydrogens (tertiary/aromatic N) is 1. The fourth-order valence-electron chi connectivity index (χ4n) is 2.09. The molecular weight excluding hydrogens is 198 g/mol. The van der Waals surface area contributed by atoms with Crippen LogP contribution in [-0.4, -0.2) is 10.9 Å². The maximum absolute atomic E-state index is 10.9.